The van der Waals surface area contributed by atoms with Crippen molar-refractivity contribution in [2.24, 2.45) is 35.5 Å². The average Bonchev–Trinajstić information content (AvgIpc) is 3.59. The second-order valence-electron chi connectivity index (χ2n) is 18.8. The molecule has 1 aromatic carbocycles. The van der Waals surface area contributed by atoms with Gasteiger partial charge >= 0.3 is 5.97 Å². The van der Waals surface area contributed by atoms with E-state index >= 15 is 0 Å². The Bertz CT molecular complexity index is 1550. The van der Waals surface area contributed by atoms with E-state index < -0.39 is 64.9 Å². The van der Waals surface area contributed by atoms with Gasteiger partial charge in [0.05, 0.1) is 47.6 Å². The van der Waals surface area contributed by atoms with Crippen molar-refractivity contribution in [3.63, 3.8) is 0 Å². The minimum atomic E-state index is -1.46. The summed E-state index contributed by atoms with van der Waals surface area (Å²) in [5.74, 6) is -5.31. The van der Waals surface area contributed by atoms with Gasteiger partial charge in [0.25, 0.3) is 0 Å². The number of benzene rings is 1. The van der Waals surface area contributed by atoms with E-state index in [9.17, 15) is 30.0 Å². The van der Waals surface area contributed by atoms with Crippen molar-refractivity contribution in [3.8, 4) is 0 Å². The Labute approximate surface area is 353 Å². The third-order valence-electron chi connectivity index (χ3n) is 14.9. The van der Waals surface area contributed by atoms with Gasteiger partial charge in [-0.15, -0.1) is 0 Å². The maximum atomic E-state index is 14.5. The van der Waals surface area contributed by atoms with Gasteiger partial charge in [-0.2, -0.15) is 0 Å². The minimum absolute atomic E-state index is 0.00591. The number of Topliss-reactive ketones (excluding diaryl/α,β-unsaturated/α-hetero) is 1. The van der Waals surface area contributed by atoms with Crippen LogP contribution in [0.2, 0.25) is 0 Å². The van der Waals surface area contributed by atoms with Crippen LogP contribution in [-0.2, 0) is 39.9 Å². The fourth-order valence-corrected chi connectivity index (χ4v) is 10.3. The minimum Gasteiger partial charge on any atom is -0.461 e. The van der Waals surface area contributed by atoms with Crippen LogP contribution in [0.1, 0.15) is 145 Å². The van der Waals surface area contributed by atoms with Crippen LogP contribution in [-0.4, -0.2) is 91.6 Å². The maximum absolute atomic E-state index is 14.5. The lowest BCUT2D eigenvalue weighted by molar-refractivity contribution is -0.407. The zero-order valence-electron chi connectivity index (χ0n) is 37.3. The fourth-order valence-electron chi connectivity index (χ4n) is 10.3. The van der Waals surface area contributed by atoms with E-state index in [2.05, 4.69) is 6.92 Å². The second-order valence-corrected chi connectivity index (χ2v) is 18.8. The summed E-state index contributed by atoms with van der Waals surface area (Å²) in [6.45, 7) is 17.7. The molecule has 3 fully saturated rings. The summed E-state index contributed by atoms with van der Waals surface area (Å²) in [6, 6.07) is 9.61. The van der Waals surface area contributed by atoms with E-state index in [4.69, 9.17) is 23.7 Å². The quantitative estimate of drug-likeness (QED) is 0.0853. The van der Waals surface area contributed by atoms with Crippen molar-refractivity contribution in [2.75, 3.05) is 0 Å². The van der Waals surface area contributed by atoms with Gasteiger partial charge in [0.15, 0.2) is 5.79 Å². The molecule has 0 bridgehead atoms. The van der Waals surface area contributed by atoms with Crippen LogP contribution in [0.25, 0.3) is 0 Å². The molecule has 11 heteroatoms. The van der Waals surface area contributed by atoms with E-state index in [-0.39, 0.29) is 48.3 Å². The molecule has 4 aliphatic heterocycles. The molecule has 4 aliphatic rings. The number of aliphatic hydroxyl groups excluding tert-OH is 3. The highest BCUT2D eigenvalue weighted by Gasteiger charge is 2.62. The summed E-state index contributed by atoms with van der Waals surface area (Å²) in [7, 11) is 0. The average molecular weight is 829 g/mol. The molecule has 2 spiro atoms. The van der Waals surface area contributed by atoms with Crippen LogP contribution in [0, 0.1) is 35.5 Å². The number of ether oxygens (including phenoxy) is 5. The number of hydrogen-bond donors (Lipinski definition) is 4. The molecule has 334 valence electrons. The Morgan fingerprint density at radius 3 is 2.25 bits per heavy atom. The zero-order chi connectivity index (χ0) is 43.3. The molecule has 0 amide bonds. The first-order valence-corrected chi connectivity index (χ1v) is 22.8. The Hall–Kier alpha value is -2.22. The number of carbonyl (C=O) groups excluding carboxylic acids is 2. The molecule has 5 rings (SSSR count). The molecule has 0 saturated carbocycles. The number of rotatable bonds is 18. The summed E-state index contributed by atoms with van der Waals surface area (Å²) in [5.41, 5.74) is -0.951. The van der Waals surface area contributed by atoms with E-state index in [1.54, 1.807) is 19.1 Å². The molecule has 0 aliphatic carbocycles. The highest BCUT2D eigenvalue weighted by molar-refractivity contribution is 5.84. The second kappa shape index (κ2) is 19.9. The molecule has 59 heavy (non-hydrogen) atoms. The molecule has 1 aromatic rings. The van der Waals surface area contributed by atoms with Crippen molar-refractivity contribution < 1.29 is 53.7 Å². The topological polar surface area (TPSA) is 161 Å². The normalized spacial score (nSPS) is 35.5. The summed E-state index contributed by atoms with van der Waals surface area (Å²) in [6.07, 6.45) is 6.01. The molecule has 0 aromatic heterocycles. The van der Waals surface area contributed by atoms with Gasteiger partial charge in [0.2, 0.25) is 5.79 Å². The Morgan fingerprint density at radius 1 is 0.949 bits per heavy atom. The molecular formula is C48H76O11. The first-order valence-electron chi connectivity index (χ1n) is 22.8. The van der Waals surface area contributed by atoms with Crippen LogP contribution in [0.5, 0.6) is 0 Å². The number of carbonyl (C=O) groups is 2. The van der Waals surface area contributed by atoms with Crippen LogP contribution in [0.4, 0.5) is 0 Å². The highest BCUT2D eigenvalue weighted by atomic mass is 16.8. The van der Waals surface area contributed by atoms with Gasteiger partial charge in [-0.1, -0.05) is 85.7 Å². The van der Waals surface area contributed by atoms with E-state index in [0.717, 1.165) is 24.8 Å². The van der Waals surface area contributed by atoms with E-state index in [0.29, 0.717) is 57.8 Å². The van der Waals surface area contributed by atoms with Crippen LogP contribution in [0.3, 0.4) is 0 Å². The lowest BCUT2D eigenvalue weighted by Crippen LogP contribution is -2.62. The number of ketones is 1. The predicted molar refractivity (Wildman–Crippen MR) is 225 cm³/mol. The molecule has 0 radical (unpaired) electrons. The van der Waals surface area contributed by atoms with Crippen molar-refractivity contribution >= 4 is 11.8 Å². The number of aliphatic hydroxyl groups is 4. The van der Waals surface area contributed by atoms with Crippen molar-refractivity contribution in [2.45, 2.75) is 205 Å². The van der Waals surface area contributed by atoms with Crippen LogP contribution < -0.4 is 0 Å². The molecule has 15 atom stereocenters. The molecule has 3 saturated heterocycles. The van der Waals surface area contributed by atoms with Gasteiger partial charge in [0, 0.05) is 30.1 Å². The number of hydrogen-bond acceptors (Lipinski definition) is 11. The Morgan fingerprint density at radius 2 is 1.61 bits per heavy atom. The molecule has 11 nitrogen and oxygen atoms in total. The first kappa shape index (κ1) is 47.8. The first-order chi connectivity index (χ1) is 27.9. The standard InChI is InChI=1S/C48H76O11/c1-10-35(44(53)55-29-34-18-15-14-16-19-34)38-21-17-20-37(56-38)32(7)41(51)33(8)42(52)36(11-2)43-30(5)28-31(6)47(57-43)25-23-40(50)48(59-47)27-26-45(9,58-48)39(49)22-24-46(54,12-3)13-4/h14-16,18-19,23,25,30-33,35-41,43,49-51,54H,10-13,17,20-22,24,26-29H2,1-9H3. The molecule has 15 unspecified atom stereocenters. The maximum Gasteiger partial charge on any atom is 0.311 e. The molecule has 4 heterocycles. The smallest absolute Gasteiger partial charge is 0.311 e. The van der Waals surface area contributed by atoms with Crippen LogP contribution >= 0.6 is 0 Å². The van der Waals surface area contributed by atoms with E-state index in [1.807, 2.05) is 78.8 Å². The summed E-state index contributed by atoms with van der Waals surface area (Å²) in [4.78, 5) is 27.8. The van der Waals surface area contributed by atoms with Crippen LogP contribution in [0.15, 0.2) is 42.5 Å². The lowest BCUT2D eigenvalue weighted by Gasteiger charge is -2.54. The summed E-state index contributed by atoms with van der Waals surface area (Å²) in [5, 5.41) is 45.5. The van der Waals surface area contributed by atoms with Gasteiger partial charge in [0.1, 0.15) is 18.5 Å². The van der Waals surface area contributed by atoms with Gasteiger partial charge < -0.3 is 44.1 Å². The zero-order valence-corrected chi connectivity index (χ0v) is 37.3. The third kappa shape index (κ3) is 10.4. The number of esters is 1. The predicted octanol–water partition coefficient (Wildman–Crippen LogP) is 7.58. The lowest BCUT2D eigenvalue weighted by atomic mass is 9.73. The third-order valence-corrected chi connectivity index (χ3v) is 14.9. The molecule has 4 N–H and O–H groups in total. The van der Waals surface area contributed by atoms with Gasteiger partial charge in [-0.05, 0) is 101 Å². The van der Waals surface area contributed by atoms with Crippen molar-refractivity contribution in [1.82, 2.24) is 0 Å². The Balaban J connectivity index is 1.25. The largest absolute Gasteiger partial charge is 0.461 e. The van der Waals surface area contributed by atoms with Crippen molar-refractivity contribution in [1.29, 1.82) is 0 Å². The monoisotopic (exact) mass is 829 g/mol. The van der Waals surface area contributed by atoms with Gasteiger partial charge in [-0.3, -0.25) is 9.59 Å². The van der Waals surface area contributed by atoms with Gasteiger partial charge in [-0.25, -0.2) is 0 Å². The SMILES string of the molecule is CCC(C(=O)OCc1ccccc1)C1CCCC(C(C)C(O)C(C)C(=O)C(CC)C2OC3(C=CC(O)C4(CCC(C)(C(O)CCC(O)(CC)CC)O4)O3)C(C)CC2C)O1. The molecular weight excluding hydrogens is 753 g/mol. The highest BCUT2D eigenvalue weighted by Crippen LogP contribution is 2.53. The van der Waals surface area contributed by atoms with Crippen molar-refractivity contribution in [3.05, 3.63) is 48.0 Å². The Kier molecular flexibility index (Phi) is 16.1. The summed E-state index contributed by atoms with van der Waals surface area (Å²) < 4.78 is 32.7. The van der Waals surface area contributed by atoms with E-state index in [1.165, 1.54) is 0 Å². The fraction of sp³-hybridized carbons (Fsp3) is 0.792. The summed E-state index contributed by atoms with van der Waals surface area (Å²) >= 11 is 0.